The summed E-state index contributed by atoms with van der Waals surface area (Å²) in [7, 11) is 10.8. The van der Waals surface area contributed by atoms with E-state index >= 15 is 0 Å². The van der Waals surface area contributed by atoms with E-state index in [2.05, 4.69) is 64.1 Å². The number of halogens is 2. The third-order valence-corrected chi connectivity index (χ3v) is 2.22. The van der Waals surface area contributed by atoms with E-state index in [1.54, 1.807) is 0 Å². The molecule has 4 heteroatoms. The van der Waals surface area contributed by atoms with Crippen LogP contribution in [0.1, 0.15) is 39.2 Å². The normalized spacial score (nSPS) is 14.7. The van der Waals surface area contributed by atoms with Gasteiger partial charge in [-0.25, -0.2) is 0 Å². The molecule has 1 nitrogen and oxygen atoms in total. The maximum atomic E-state index is 7.00. The van der Waals surface area contributed by atoms with E-state index in [4.69, 9.17) is 23.7 Å². The summed E-state index contributed by atoms with van der Waals surface area (Å²) in [5, 5.41) is 7.00. The molecule has 0 radical (unpaired) electrons. The Labute approximate surface area is 146 Å². The van der Waals surface area contributed by atoms with Gasteiger partial charge in [0.25, 0.3) is 0 Å². The van der Waals surface area contributed by atoms with Gasteiger partial charge in [-0.2, -0.15) is 56.7 Å². The molecule has 1 unspecified atom stereocenters. The summed E-state index contributed by atoms with van der Waals surface area (Å²) in [6, 6.07) is 11.4. The van der Waals surface area contributed by atoms with E-state index in [0.29, 0.717) is 5.92 Å². The quantitative estimate of drug-likeness (QED) is 0.502. The second-order valence-electron chi connectivity index (χ2n) is 4.66. The molecule has 0 heterocycles. The summed E-state index contributed by atoms with van der Waals surface area (Å²) in [6.07, 6.45) is 6.48. The Bertz CT molecular complexity index is 386. The molecular formula is C17H24Cl2OTi-2. The summed E-state index contributed by atoms with van der Waals surface area (Å²) < 4.78 is 0. The van der Waals surface area contributed by atoms with Crippen LogP contribution < -0.4 is 0 Å². The van der Waals surface area contributed by atoms with E-state index in [0.717, 1.165) is 7.11 Å². The van der Waals surface area contributed by atoms with Gasteiger partial charge in [0.1, 0.15) is 0 Å². The minimum absolute atomic E-state index is 0.464. The molecule has 0 saturated carbocycles. The fourth-order valence-corrected chi connectivity index (χ4v) is 1.52. The number of allylic oxidation sites excluding steroid dienone is 4. The van der Waals surface area contributed by atoms with Crippen LogP contribution in [0, 0.1) is 12.0 Å². The van der Waals surface area contributed by atoms with Crippen LogP contribution in [0.2, 0.25) is 0 Å². The van der Waals surface area contributed by atoms with Crippen molar-refractivity contribution in [3.63, 3.8) is 0 Å². The van der Waals surface area contributed by atoms with Crippen LogP contribution in [0.4, 0.5) is 0 Å². The van der Waals surface area contributed by atoms with Crippen LogP contribution >= 0.6 is 18.6 Å². The molecule has 0 aromatic heterocycles. The van der Waals surface area contributed by atoms with E-state index < -0.39 is 17.0 Å². The molecule has 1 aromatic carbocycles. The predicted molar refractivity (Wildman–Crippen MR) is 91.0 cm³/mol. The Balaban J connectivity index is 0. The fourth-order valence-electron chi connectivity index (χ4n) is 1.52. The van der Waals surface area contributed by atoms with Gasteiger partial charge in [-0.3, -0.25) is 0 Å². The third kappa shape index (κ3) is 13.3. The summed E-state index contributed by atoms with van der Waals surface area (Å²) in [6.45, 7) is 8.41. The standard InChI is InChI=1S/C12H11.C4H9.CH4O.2ClH.Ti/c1-10-6-5-9-12(10)11-7-3-2-4-8-11;1-4(2)3;1-2;;;/h2-7,9,12H,1H3;1-3H3;2H,1H3;2*1H;/q2*-1;;;;+2/p-2. The molecule has 0 fully saturated rings. The molecule has 1 atom stereocenters. The van der Waals surface area contributed by atoms with Gasteiger partial charge >= 0.3 is 35.6 Å². The molecule has 1 aliphatic rings. The Morgan fingerprint density at radius 2 is 1.71 bits per heavy atom. The van der Waals surface area contributed by atoms with Gasteiger partial charge < -0.3 is 11.0 Å². The Morgan fingerprint density at radius 1 is 1.19 bits per heavy atom. The summed E-state index contributed by atoms with van der Waals surface area (Å²) in [5.74, 6) is 1.88. The molecule has 21 heavy (non-hydrogen) atoms. The monoisotopic (exact) mass is 362 g/mol. The van der Waals surface area contributed by atoms with Gasteiger partial charge in [-0.1, -0.05) is 23.8 Å². The maximum absolute atomic E-state index is 7.00. The second kappa shape index (κ2) is 16.3. The molecule has 0 spiro atoms. The zero-order valence-corrected chi connectivity index (χ0v) is 16.4. The van der Waals surface area contributed by atoms with E-state index in [-0.39, 0.29) is 0 Å². The number of hydrogen-bond acceptors (Lipinski definition) is 1. The molecule has 1 aliphatic carbocycles. The average molecular weight is 363 g/mol. The molecule has 2 rings (SSSR count). The van der Waals surface area contributed by atoms with Crippen molar-refractivity contribution in [1.82, 2.24) is 0 Å². The Morgan fingerprint density at radius 3 is 2.05 bits per heavy atom. The third-order valence-electron chi connectivity index (χ3n) is 2.22. The van der Waals surface area contributed by atoms with Gasteiger partial charge in [-0.05, 0) is 6.92 Å². The van der Waals surface area contributed by atoms with Crippen molar-refractivity contribution in [3.05, 3.63) is 65.6 Å². The Hall–Kier alpha value is -0.0457. The molecule has 1 N–H and O–H groups in total. The zero-order valence-electron chi connectivity index (χ0n) is 13.3. The van der Waals surface area contributed by atoms with Crippen molar-refractivity contribution < 1.29 is 22.1 Å². The van der Waals surface area contributed by atoms with Crippen molar-refractivity contribution in [2.24, 2.45) is 0 Å². The summed E-state index contributed by atoms with van der Waals surface area (Å²) >= 11 is -0.556. The van der Waals surface area contributed by atoms with Crippen molar-refractivity contribution in [2.45, 2.75) is 33.6 Å². The number of hydrogen-bond donors (Lipinski definition) is 1. The topological polar surface area (TPSA) is 20.2 Å². The molecule has 0 aliphatic heterocycles. The number of aliphatic hydroxyl groups excluding tert-OH is 1. The van der Waals surface area contributed by atoms with E-state index in [9.17, 15) is 0 Å². The predicted octanol–water partition coefficient (Wildman–Crippen LogP) is 5.69. The molecule has 0 bridgehead atoms. The fraction of sp³-hybridized carbons (Fsp3) is 0.353. The van der Waals surface area contributed by atoms with Crippen LogP contribution in [0.5, 0.6) is 0 Å². The Kier molecular flexibility index (Phi) is 18.1. The number of rotatable bonds is 1. The first-order valence-electron chi connectivity index (χ1n) is 6.52. The minimum atomic E-state index is -0.556. The van der Waals surface area contributed by atoms with Crippen molar-refractivity contribution >= 4 is 18.6 Å². The molecule has 0 amide bonds. The van der Waals surface area contributed by atoms with Gasteiger partial charge in [0.15, 0.2) is 0 Å². The first kappa shape index (κ1) is 23.2. The molecule has 118 valence electrons. The van der Waals surface area contributed by atoms with Crippen LogP contribution in [0.15, 0.2) is 48.1 Å². The van der Waals surface area contributed by atoms with Gasteiger partial charge in [0, 0.05) is 13.0 Å². The summed E-state index contributed by atoms with van der Waals surface area (Å²) in [4.78, 5) is 0. The average Bonchev–Trinajstić information content (AvgIpc) is 2.89. The number of aliphatic hydroxyl groups is 1. The van der Waals surface area contributed by atoms with Gasteiger partial charge in [-0.15, -0.1) is 0 Å². The van der Waals surface area contributed by atoms with Crippen molar-refractivity contribution in [2.75, 3.05) is 7.11 Å². The zero-order chi connectivity index (χ0) is 16.7. The van der Waals surface area contributed by atoms with Crippen LogP contribution in [0.25, 0.3) is 0 Å². The van der Waals surface area contributed by atoms with Crippen LogP contribution in [0.3, 0.4) is 0 Å². The molecule has 1 aromatic rings. The van der Waals surface area contributed by atoms with E-state index in [1.807, 2.05) is 12.1 Å². The SMILES string of the molecule is CC1=CC=CC1c1[c-]cccc1.CO.C[C-](C)C.[Cl][Ti][Cl]. The van der Waals surface area contributed by atoms with Gasteiger partial charge in [0.05, 0.1) is 0 Å². The first-order chi connectivity index (χ1) is 10.0. The van der Waals surface area contributed by atoms with Gasteiger partial charge in [0.2, 0.25) is 0 Å². The van der Waals surface area contributed by atoms with Crippen LogP contribution in [-0.4, -0.2) is 12.2 Å². The summed E-state index contributed by atoms with van der Waals surface area (Å²) in [5.41, 5.74) is 2.66. The van der Waals surface area contributed by atoms with Crippen LogP contribution in [-0.2, 0) is 17.0 Å². The number of benzene rings is 1. The second-order valence-corrected chi connectivity index (χ2v) is 7.24. The van der Waals surface area contributed by atoms with Crippen molar-refractivity contribution in [3.8, 4) is 0 Å². The first-order valence-corrected chi connectivity index (χ1v) is 10.8. The van der Waals surface area contributed by atoms with Crippen molar-refractivity contribution in [1.29, 1.82) is 0 Å². The van der Waals surface area contributed by atoms with E-state index in [1.165, 1.54) is 17.1 Å². The molecular weight excluding hydrogens is 339 g/mol. The molecule has 0 saturated heterocycles.